The molecule has 170 valence electrons. The van der Waals surface area contributed by atoms with Crippen LogP contribution in [0.25, 0.3) is 0 Å². The Morgan fingerprint density at radius 2 is 2.10 bits per heavy atom. The molecule has 3 unspecified atom stereocenters. The predicted molar refractivity (Wildman–Crippen MR) is 119 cm³/mol. The van der Waals surface area contributed by atoms with Crippen LogP contribution in [-0.2, 0) is 14.3 Å². The van der Waals surface area contributed by atoms with Gasteiger partial charge in [0, 0.05) is 63.8 Å². The molecule has 30 heavy (non-hydrogen) atoms. The van der Waals surface area contributed by atoms with Gasteiger partial charge in [-0.25, -0.2) is 0 Å². The minimum atomic E-state index is -0.148. The molecule has 0 radical (unpaired) electrons. The highest BCUT2D eigenvalue weighted by Crippen LogP contribution is 2.25. The van der Waals surface area contributed by atoms with Crippen LogP contribution in [0, 0.1) is 0 Å². The lowest BCUT2D eigenvalue weighted by atomic mass is 10.0. The first kappa shape index (κ1) is 23.2. The maximum Gasteiger partial charge on any atom is 0.237 e. The van der Waals surface area contributed by atoms with E-state index in [0.717, 1.165) is 58.8 Å². The first-order chi connectivity index (χ1) is 14.4. The fourth-order valence-electron chi connectivity index (χ4n) is 4.43. The zero-order valence-corrected chi connectivity index (χ0v) is 18.9. The summed E-state index contributed by atoms with van der Waals surface area (Å²) in [6.07, 6.45) is 1.94. The van der Waals surface area contributed by atoms with Crippen molar-refractivity contribution in [1.29, 1.82) is 0 Å². The number of fused-ring (bicyclic) bond motifs is 1. The molecule has 0 aromatic heterocycles. The van der Waals surface area contributed by atoms with Crippen molar-refractivity contribution < 1.29 is 14.3 Å². The number of hydrogen-bond acceptors (Lipinski definition) is 6. The number of amides is 2. The van der Waals surface area contributed by atoms with Crippen molar-refractivity contribution >= 4 is 29.1 Å². The molecule has 10 heteroatoms. The summed E-state index contributed by atoms with van der Waals surface area (Å²) in [6, 6.07) is 0.313. The van der Waals surface area contributed by atoms with E-state index < -0.39 is 0 Å². The Bertz CT molecular complexity index is 613. The number of hydrogen-bond donors (Lipinski definition) is 4. The summed E-state index contributed by atoms with van der Waals surface area (Å²) in [5, 5.41) is 13.3. The van der Waals surface area contributed by atoms with Crippen molar-refractivity contribution in [2.24, 2.45) is 0 Å². The summed E-state index contributed by atoms with van der Waals surface area (Å²) in [7, 11) is 0. The van der Waals surface area contributed by atoms with Crippen LogP contribution < -0.4 is 21.3 Å². The highest BCUT2D eigenvalue weighted by atomic mass is 32.1. The average molecular weight is 441 g/mol. The Morgan fingerprint density at radius 1 is 1.33 bits per heavy atom. The van der Waals surface area contributed by atoms with Gasteiger partial charge in [0.15, 0.2) is 5.11 Å². The number of thiocarbonyl (C=S) groups is 1. The lowest BCUT2D eigenvalue weighted by Gasteiger charge is -2.37. The second-order valence-electron chi connectivity index (χ2n) is 8.66. The number of nitrogens with zero attached hydrogens (tertiary/aromatic N) is 2. The van der Waals surface area contributed by atoms with Crippen LogP contribution in [-0.4, -0.2) is 103 Å². The van der Waals surface area contributed by atoms with Gasteiger partial charge in [0.1, 0.15) is 0 Å². The van der Waals surface area contributed by atoms with Crippen molar-refractivity contribution in [2.75, 3.05) is 52.5 Å². The Balaban J connectivity index is 1.41. The van der Waals surface area contributed by atoms with Gasteiger partial charge in [-0.1, -0.05) is 0 Å². The topological polar surface area (TPSA) is 98.0 Å². The molecule has 4 N–H and O–H groups in total. The maximum atomic E-state index is 12.4. The molecule has 3 heterocycles. The third-order valence-corrected chi connectivity index (χ3v) is 6.19. The zero-order valence-electron chi connectivity index (χ0n) is 18.1. The molecule has 3 aliphatic heterocycles. The number of rotatable bonds is 8. The second-order valence-corrected chi connectivity index (χ2v) is 9.07. The van der Waals surface area contributed by atoms with Crippen LogP contribution in [0.15, 0.2) is 0 Å². The Morgan fingerprint density at radius 3 is 2.83 bits per heavy atom. The summed E-state index contributed by atoms with van der Waals surface area (Å²) in [4.78, 5) is 29.0. The van der Waals surface area contributed by atoms with Gasteiger partial charge in [-0.3, -0.25) is 19.4 Å². The van der Waals surface area contributed by atoms with Gasteiger partial charge in [0.05, 0.1) is 19.3 Å². The smallest absolute Gasteiger partial charge is 0.237 e. The number of ether oxygens (including phenoxy) is 1. The van der Waals surface area contributed by atoms with Crippen molar-refractivity contribution in [3.05, 3.63) is 0 Å². The number of carbonyl (C=O) groups excluding carboxylic acids is 2. The van der Waals surface area contributed by atoms with Gasteiger partial charge in [0.25, 0.3) is 0 Å². The van der Waals surface area contributed by atoms with Gasteiger partial charge >= 0.3 is 0 Å². The molecule has 3 atom stereocenters. The van der Waals surface area contributed by atoms with Crippen LogP contribution in [0.2, 0.25) is 0 Å². The molecule has 3 fully saturated rings. The summed E-state index contributed by atoms with van der Waals surface area (Å²) >= 11 is 5.47. The monoisotopic (exact) mass is 440 g/mol. The highest BCUT2D eigenvalue weighted by Gasteiger charge is 2.43. The van der Waals surface area contributed by atoms with Gasteiger partial charge in [-0.15, -0.1) is 0 Å². The molecule has 0 bridgehead atoms. The van der Waals surface area contributed by atoms with Gasteiger partial charge < -0.3 is 26.0 Å². The molecule has 0 spiro atoms. The maximum absolute atomic E-state index is 12.4. The Labute approximate surface area is 184 Å². The summed E-state index contributed by atoms with van der Waals surface area (Å²) in [5.41, 5.74) is 0. The minimum Gasteiger partial charge on any atom is -0.379 e. The van der Waals surface area contributed by atoms with Crippen LogP contribution in [0.1, 0.15) is 33.1 Å². The van der Waals surface area contributed by atoms with Crippen LogP contribution in [0.5, 0.6) is 0 Å². The van der Waals surface area contributed by atoms with Crippen LogP contribution >= 0.6 is 12.2 Å². The predicted octanol–water partition coefficient (Wildman–Crippen LogP) is -0.971. The van der Waals surface area contributed by atoms with Gasteiger partial charge in [0.2, 0.25) is 11.8 Å². The SMILES string of the molecule is CC(C)NC(=O)CCC1CNC(=O)C2CC(NC(=S)NCCN3CCOCC3)CN12. The van der Waals surface area contributed by atoms with Crippen molar-refractivity contribution in [2.45, 2.75) is 57.3 Å². The van der Waals surface area contributed by atoms with Crippen molar-refractivity contribution in [1.82, 2.24) is 31.1 Å². The van der Waals surface area contributed by atoms with E-state index in [-0.39, 0.29) is 36.0 Å². The van der Waals surface area contributed by atoms with Gasteiger partial charge in [-0.05, 0) is 38.9 Å². The Hall–Kier alpha value is -1.49. The van der Waals surface area contributed by atoms with E-state index in [1.165, 1.54) is 0 Å². The van der Waals surface area contributed by atoms with E-state index in [9.17, 15) is 9.59 Å². The zero-order chi connectivity index (χ0) is 21.5. The lowest BCUT2D eigenvalue weighted by molar-refractivity contribution is -0.129. The van der Waals surface area contributed by atoms with E-state index in [1.54, 1.807) is 0 Å². The highest BCUT2D eigenvalue weighted by molar-refractivity contribution is 7.80. The molecule has 9 nitrogen and oxygen atoms in total. The first-order valence-electron chi connectivity index (χ1n) is 11.1. The molecular formula is C20H36N6O3S. The van der Waals surface area contributed by atoms with Crippen molar-refractivity contribution in [3.8, 4) is 0 Å². The number of nitrogens with one attached hydrogen (secondary N) is 4. The number of piperazine rings is 1. The van der Waals surface area contributed by atoms with Gasteiger partial charge in [-0.2, -0.15) is 0 Å². The Kier molecular flexibility index (Phi) is 8.67. The fourth-order valence-corrected chi connectivity index (χ4v) is 4.70. The second kappa shape index (κ2) is 11.2. The quantitative estimate of drug-likeness (QED) is 0.358. The molecule has 2 amide bonds. The molecule has 0 aliphatic carbocycles. The van der Waals surface area contributed by atoms with E-state index >= 15 is 0 Å². The third kappa shape index (κ3) is 6.76. The molecule has 0 saturated carbocycles. The molecule has 0 aromatic carbocycles. The van der Waals surface area contributed by atoms with E-state index in [1.807, 2.05) is 13.8 Å². The fraction of sp³-hybridized carbons (Fsp3) is 0.850. The van der Waals surface area contributed by atoms with E-state index in [0.29, 0.717) is 18.1 Å². The lowest BCUT2D eigenvalue weighted by Crippen LogP contribution is -2.58. The average Bonchev–Trinajstić information content (AvgIpc) is 3.12. The van der Waals surface area contributed by atoms with Crippen molar-refractivity contribution in [3.63, 3.8) is 0 Å². The third-order valence-electron chi connectivity index (χ3n) is 5.93. The van der Waals surface area contributed by atoms with Crippen LogP contribution in [0.3, 0.4) is 0 Å². The van der Waals surface area contributed by atoms with E-state index in [2.05, 4.69) is 31.1 Å². The van der Waals surface area contributed by atoms with E-state index in [4.69, 9.17) is 17.0 Å². The summed E-state index contributed by atoms with van der Waals surface area (Å²) < 4.78 is 5.37. The molecule has 0 aromatic rings. The number of carbonyl (C=O) groups is 2. The van der Waals surface area contributed by atoms with Crippen LogP contribution in [0.4, 0.5) is 0 Å². The minimum absolute atomic E-state index is 0.0676. The molecule has 3 saturated heterocycles. The normalized spacial score (nSPS) is 27.4. The molecule has 3 aliphatic rings. The number of morpholine rings is 1. The molecular weight excluding hydrogens is 404 g/mol. The largest absolute Gasteiger partial charge is 0.379 e. The standard InChI is InChI=1S/C20H36N6O3S/c1-14(2)23-18(27)4-3-16-12-22-19(28)17-11-15(13-26(16)17)24-20(30)21-5-6-25-7-9-29-10-8-25/h14-17H,3-13H2,1-2H3,(H,22,28)(H,23,27)(H2,21,24,30). The molecule has 3 rings (SSSR count). The summed E-state index contributed by atoms with van der Waals surface area (Å²) in [6.45, 7) is 10.5. The first-order valence-corrected chi connectivity index (χ1v) is 11.5. The summed E-state index contributed by atoms with van der Waals surface area (Å²) in [5.74, 6) is 0.145.